The number of ether oxygens (including phenoxy) is 1. The van der Waals surface area contributed by atoms with E-state index in [0.717, 1.165) is 10.9 Å². The Balaban J connectivity index is 0.00000126. The molecule has 0 saturated carbocycles. The molecule has 6 heteroatoms. The Morgan fingerprint density at radius 2 is 1.70 bits per heavy atom. The van der Waals surface area contributed by atoms with Gasteiger partial charge in [-0.1, -0.05) is 25.4 Å². The number of rotatable bonds is 4. The lowest BCUT2D eigenvalue weighted by atomic mass is 10.1. The normalized spacial score (nSPS) is 10.3. The summed E-state index contributed by atoms with van der Waals surface area (Å²) >= 11 is 11.5. The van der Waals surface area contributed by atoms with E-state index in [-0.39, 0.29) is 12.3 Å². The van der Waals surface area contributed by atoms with Crippen molar-refractivity contribution < 1.29 is 14.3 Å². The number of carbonyl (C=O) groups excluding carboxylic acids is 2. The highest BCUT2D eigenvalue weighted by Crippen LogP contribution is 2.31. The molecule has 0 bridgehead atoms. The van der Waals surface area contributed by atoms with Crippen molar-refractivity contribution >= 4 is 45.3 Å². The fraction of sp³-hybridized carbons (Fsp3) is 0.238. The Morgan fingerprint density at radius 3 is 2.26 bits per heavy atom. The molecule has 2 aromatic carbocycles. The average molecular weight is 406 g/mol. The molecule has 0 saturated heterocycles. The van der Waals surface area contributed by atoms with Gasteiger partial charge in [-0.3, -0.25) is 14.2 Å². The number of methoxy groups -OCH3 is 1. The average Bonchev–Trinajstić information content (AvgIpc) is 2.94. The molecule has 1 heterocycles. The second kappa shape index (κ2) is 9.07. The molecule has 4 nitrogen and oxygen atoms in total. The minimum Gasteiger partial charge on any atom is -0.497 e. The minimum atomic E-state index is -0.482. The van der Waals surface area contributed by atoms with Gasteiger partial charge in [-0.2, -0.15) is 0 Å². The third-order valence-electron chi connectivity index (χ3n) is 4.15. The van der Waals surface area contributed by atoms with Crippen LogP contribution in [0.1, 0.15) is 35.5 Å². The highest BCUT2D eigenvalue weighted by Gasteiger charge is 2.21. The van der Waals surface area contributed by atoms with Gasteiger partial charge in [0, 0.05) is 28.1 Å². The molecular formula is C21H21Cl2NO3. The highest BCUT2D eigenvalue weighted by molar-refractivity contribution is 6.63. The molecule has 0 aliphatic carbocycles. The first kappa shape index (κ1) is 21.0. The third kappa shape index (κ3) is 4.34. The Kier molecular flexibility index (Phi) is 7.05. The summed E-state index contributed by atoms with van der Waals surface area (Å²) in [6.07, 6.45) is 0.0396. The number of hydrogen-bond donors (Lipinski definition) is 0. The van der Waals surface area contributed by atoms with Crippen LogP contribution in [0.15, 0.2) is 42.5 Å². The van der Waals surface area contributed by atoms with Crippen LogP contribution in [0.25, 0.3) is 10.9 Å². The zero-order valence-corrected chi connectivity index (χ0v) is 17.2. The lowest BCUT2D eigenvalue weighted by Gasteiger charge is -2.08. The summed E-state index contributed by atoms with van der Waals surface area (Å²) in [5.41, 5.74) is 2.60. The number of aromatic nitrogens is 1. The molecule has 3 aromatic rings. The van der Waals surface area contributed by atoms with Crippen molar-refractivity contribution in [2.45, 2.75) is 27.2 Å². The number of hydrogen-bond acceptors (Lipinski definition) is 3. The van der Waals surface area contributed by atoms with E-state index < -0.39 is 5.24 Å². The topological polar surface area (TPSA) is 48.3 Å². The minimum absolute atomic E-state index is 0.0396. The maximum Gasteiger partial charge on any atom is 0.262 e. The van der Waals surface area contributed by atoms with Crippen LogP contribution in [-0.2, 0) is 11.2 Å². The largest absolute Gasteiger partial charge is 0.497 e. The van der Waals surface area contributed by atoms with Gasteiger partial charge in [-0.05, 0) is 66.6 Å². The van der Waals surface area contributed by atoms with Gasteiger partial charge in [0.25, 0.3) is 5.91 Å². The molecule has 0 radical (unpaired) electrons. The lowest BCUT2D eigenvalue weighted by Crippen LogP contribution is -2.13. The molecule has 0 unspecified atom stereocenters. The molecular weight excluding hydrogens is 385 g/mol. The van der Waals surface area contributed by atoms with E-state index in [2.05, 4.69) is 0 Å². The highest BCUT2D eigenvalue weighted by atomic mass is 35.5. The van der Waals surface area contributed by atoms with Crippen molar-refractivity contribution in [1.29, 1.82) is 0 Å². The molecule has 142 valence electrons. The van der Waals surface area contributed by atoms with Gasteiger partial charge in [-0.25, -0.2) is 0 Å². The molecule has 0 fully saturated rings. The van der Waals surface area contributed by atoms with Crippen LogP contribution in [0, 0.1) is 6.92 Å². The summed E-state index contributed by atoms with van der Waals surface area (Å²) in [5, 5.41) is 0.848. The van der Waals surface area contributed by atoms with Crippen LogP contribution in [-0.4, -0.2) is 22.8 Å². The van der Waals surface area contributed by atoms with Gasteiger partial charge in [-0.15, -0.1) is 0 Å². The zero-order valence-electron chi connectivity index (χ0n) is 15.7. The van der Waals surface area contributed by atoms with Gasteiger partial charge >= 0.3 is 0 Å². The maximum absolute atomic E-state index is 13.0. The van der Waals surface area contributed by atoms with Crippen LogP contribution in [0.5, 0.6) is 5.75 Å². The van der Waals surface area contributed by atoms with E-state index in [0.29, 0.717) is 27.5 Å². The van der Waals surface area contributed by atoms with E-state index in [1.54, 1.807) is 55.0 Å². The standard InChI is InChI=1S/C19H15Cl2NO3.C2H6/c1-11-15(10-18(21)23)16-9-14(25-2)7-8-17(16)22(11)19(24)12-3-5-13(20)6-4-12;1-2/h3-9H,10H2,1-2H3;1-2H3. The maximum atomic E-state index is 13.0. The monoisotopic (exact) mass is 405 g/mol. The van der Waals surface area contributed by atoms with Gasteiger partial charge in [0.2, 0.25) is 5.24 Å². The van der Waals surface area contributed by atoms with E-state index in [9.17, 15) is 9.59 Å². The molecule has 0 atom stereocenters. The first-order valence-electron chi connectivity index (χ1n) is 8.59. The van der Waals surface area contributed by atoms with Crippen LogP contribution in [0.3, 0.4) is 0 Å². The summed E-state index contributed by atoms with van der Waals surface area (Å²) in [4.78, 5) is 24.5. The Hall–Kier alpha value is -2.30. The molecule has 0 aliphatic heterocycles. The number of benzene rings is 2. The molecule has 27 heavy (non-hydrogen) atoms. The predicted molar refractivity (Wildman–Crippen MR) is 110 cm³/mol. The van der Waals surface area contributed by atoms with Crippen molar-refractivity contribution in [1.82, 2.24) is 4.57 Å². The summed E-state index contributed by atoms with van der Waals surface area (Å²) in [7, 11) is 1.57. The lowest BCUT2D eigenvalue weighted by molar-refractivity contribution is -0.111. The second-order valence-corrected chi connectivity index (χ2v) is 6.48. The van der Waals surface area contributed by atoms with Crippen LogP contribution >= 0.6 is 23.2 Å². The van der Waals surface area contributed by atoms with Crippen LogP contribution in [0.2, 0.25) is 5.02 Å². The fourth-order valence-corrected chi connectivity index (χ4v) is 3.19. The fourth-order valence-electron chi connectivity index (χ4n) is 2.93. The van der Waals surface area contributed by atoms with Crippen LogP contribution < -0.4 is 4.74 Å². The quantitative estimate of drug-likeness (QED) is 0.528. The van der Waals surface area contributed by atoms with Crippen molar-refractivity contribution in [2.24, 2.45) is 0 Å². The summed E-state index contributed by atoms with van der Waals surface area (Å²) in [5.74, 6) is 0.449. The smallest absolute Gasteiger partial charge is 0.262 e. The third-order valence-corrected chi connectivity index (χ3v) is 4.54. The van der Waals surface area contributed by atoms with Crippen molar-refractivity contribution in [2.75, 3.05) is 7.11 Å². The van der Waals surface area contributed by atoms with E-state index >= 15 is 0 Å². The van der Waals surface area contributed by atoms with Crippen molar-refractivity contribution in [3.8, 4) is 5.75 Å². The van der Waals surface area contributed by atoms with Crippen LogP contribution in [0.4, 0.5) is 0 Å². The molecule has 1 aromatic heterocycles. The first-order chi connectivity index (χ1) is 12.9. The second-order valence-electron chi connectivity index (χ2n) is 5.63. The summed E-state index contributed by atoms with van der Waals surface area (Å²) < 4.78 is 6.85. The van der Waals surface area contributed by atoms with Gasteiger partial charge < -0.3 is 4.74 Å². The molecule has 0 aliphatic rings. The number of nitrogens with zero attached hydrogens (tertiary/aromatic N) is 1. The van der Waals surface area contributed by atoms with E-state index in [1.807, 2.05) is 19.9 Å². The predicted octanol–water partition coefficient (Wildman–Crippen LogP) is 5.63. The molecule has 0 amide bonds. The van der Waals surface area contributed by atoms with E-state index in [1.165, 1.54) is 0 Å². The Morgan fingerprint density at radius 1 is 1.07 bits per heavy atom. The zero-order chi connectivity index (χ0) is 20.1. The van der Waals surface area contributed by atoms with Gasteiger partial charge in [0.1, 0.15) is 5.75 Å². The SMILES string of the molecule is CC.COc1ccc2c(c1)c(CC(=O)Cl)c(C)n2C(=O)c1ccc(Cl)cc1. The summed E-state index contributed by atoms with van der Waals surface area (Å²) in [6, 6.07) is 12.1. The summed E-state index contributed by atoms with van der Waals surface area (Å²) in [6.45, 7) is 5.80. The van der Waals surface area contributed by atoms with E-state index in [4.69, 9.17) is 27.9 Å². The number of halogens is 2. The first-order valence-corrected chi connectivity index (χ1v) is 9.34. The number of carbonyl (C=O) groups is 2. The molecule has 3 rings (SSSR count). The Bertz CT molecular complexity index is 975. The number of fused-ring (bicyclic) bond motifs is 1. The van der Waals surface area contributed by atoms with Crippen molar-refractivity contribution in [3.63, 3.8) is 0 Å². The van der Waals surface area contributed by atoms with Gasteiger partial charge in [0.15, 0.2) is 0 Å². The van der Waals surface area contributed by atoms with Crippen molar-refractivity contribution in [3.05, 3.63) is 64.3 Å². The Labute approximate surface area is 168 Å². The molecule has 0 N–H and O–H groups in total. The molecule has 0 spiro atoms. The van der Waals surface area contributed by atoms with Gasteiger partial charge in [0.05, 0.1) is 12.6 Å².